The Bertz CT molecular complexity index is 462. The van der Waals surface area contributed by atoms with E-state index in [1.165, 1.54) is 12.8 Å². The number of carboxylic acid groups (broad SMARTS) is 1. The fourth-order valence-corrected chi connectivity index (χ4v) is 2.48. The lowest BCUT2D eigenvalue weighted by atomic mass is 10.2. The van der Waals surface area contributed by atoms with E-state index in [4.69, 9.17) is 9.84 Å². The molecule has 1 saturated carbocycles. The van der Waals surface area contributed by atoms with Gasteiger partial charge in [-0.15, -0.1) is 0 Å². The van der Waals surface area contributed by atoms with E-state index in [0.717, 1.165) is 34.7 Å². The molecule has 1 N–H and O–H groups in total. The smallest absolute Gasteiger partial charge is 0.328 e. The minimum absolute atomic E-state index is 0.267. The van der Waals surface area contributed by atoms with Crippen molar-refractivity contribution in [1.29, 1.82) is 0 Å². The minimum Gasteiger partial charge on any atom is -0.490 e. The van der Waals surface area contributed by atoms with Crippen LogP contribution in [-0.4, -0.2) is 17.2 Å². The SMILES string of the molecule is O=C(O)C=Cc1cc(Br)ccc1OC1CCCC1. The van der Waals surface area contributed by atoms with E-state index in [1.54, 1.807) is 6.08 Å². The summed E-state index contributed by atoms with van der Waals surface area (Å²) in [5, 5.41) is 8.68. The summed E-state index contributed by atoms with van der Waals surface area (Å²) >= 11 is 3.38. The third-order valence-electron chi connectivity index (χ3n) is 2.97. The molecule has 0 heterocycles. The zero-order chi connectivity index (χ0) is 13.0. The summed E-state index contributed by atoms with van der Waals surface area (Å²) in [5.41, 5.74) is 0.790. The molecule has 1 aliphatic rings. The zero-order valence-corrected chi connectivity index (χ0v) is 11.5. The first-order valence-corrected chi connectivity index (χ1v) is 6.81. The largest absolute Gasteiger partial charge is 0.490 e. The quantitative estimate of drug-likeness (QED) is 0.859. The van der Waals surface area contributed by atoms with E-state index in [0.29, 0.717) is 0 Å². The van der Waals surface area contributed by atoms with Gasteiger partial charge < -0.3 is 9.84 Å². The summed E-state index contributed by atoms with van der Waals surface area (Å²) in [4.78, 5) is 10.6. The maximum atomic E-state index is 10.6. The summed E-state index contributed by atoms with van der Waals surface area (Å²) in [6, 6.07) is 5.65. The maximum Gasteiger partial charge on any atom is 0.328 e. The van der Waals surface area contributed by atoms with Crippen molar-refractivity contribution in [3.63, 3.8) is 0 Å². The summed E-state index contributed by atoms with van der Waals surface area (Å²) in [7, 11) is 0. The van der Waals surface area contributed by atoms with Crippen LogP contribution in [0.3, 0.4) is 0 Å². The molecule has 0 amide bonds. The third-order valence-corrected chi connectivity index (χ3v) is 3.47. The second-order valence-corrected chi connectivity index (χ2v) is 5.29. The Morgan fingerprint density at radius 1 is 1.39 bits per heavy atom. The highest BCUT2D eigenvalue weighted by Crippen LogP contribution is 2.29. The summed E-state index contributed by atoms with van der Waals surface area (Å²) in [6.45, 7) is 0. The van der Waals surface area contributed by atoms with Crippen molar-refractivity contribution >= 4 is 28.0 Å². The van der Waals surface area contributed by atoms with Crippen molar-refractivity contribution in [2.75, 3.05) is 0 Å². The highest BCUT2D eigenvalue weighted by Gasteiger charge is 2.17. The molecule has 0 aliphatic heterocycles. The third kappa shape index (κ3) is 3.60. The van der Waals surface area contributed by atoms with Crippen molar-refractivity contribution in [1.82, 2.24) is 0 Å². The number of ether oxygens (including phenoxy) is 1. The Hall–Kier alpha value is -1.29. The molecule has 4 heteroatoms. The standard InChI is InChI=1S/C14H15BrO3/c15-11-6-7-13(18-12-3-1-2-4-12)10(9-11)5-8-14(16)17/h5-9,12H,1-4H2,(H,16,17). The van der Waals surface area contributed by atoms with Crippen molar-refractivity contribution in [3.8, 4) is 5.75 Å². The Morgan fingerprint density at radius 2 is 2.11 bits per heavy atom. The van der Waals surface area contributed by atoms with Crippen LogP contribution in [-0.2, 0) is 4.79 Å². The molecule has 0 saturated heterocycles. The number of carbonyl (C=O) groups is 1. The van der Waals surface area contributed by atoms with Crippen LogP contribution in [0.1, 0.15) is 31.2 Å². The molecule has 1 aliphatic carbocycles. The molecular weight excluding hydrogens is 296 g/mol. The molecule has 0 aromatic heterocycles. The lowest BCUT2D eigenvalue weighted by Crippen LogP contribution is -2.11. The molecule has 0 unspecified atom stereocenters. The number of halogens is 1. The fraction of sp³-hybridized carbons (Fsp3) is 0.357. The van der Waals surface area contributed by atoms with E-state index in [9.17, 15) is 4.79 Å². The average Bonchev–Trinajstić information content (AvgIpc) is 2.82. The average molecular weight is 311 g/mol. The number of carboxylic acids is 1. The summed E-state index contributed by atoms with van der Waals surface area (Å²) in [5.74, 6) is -0.204. The van der Waals surface area contributed by atoms with Gasteiger partial charge in [-0.3, -0.25) is 0 Å². The summed E-state index contributed by atoms with van der Waals surface area (Å²) in [6.07, 6.45) is 7.54. The molecule has 1 aromatic carbocycles. The lowest BCUT2D eigenvalue weighted by Gasteiger charge is -2.15. The van der Waals surface area contributed by atoms with Crippen LogP contribution in [0.5, 0.6) is 5.75 Å². The molecule has 0 atom stereocenters. The predicted octanol–water partition coefficient (Wildman–Crippen LogP) is 3.87. The van der Waals surface area contributed by atoms with Gasteiger partial charge in [0.2, 0.25) is 0 Å². The van der Waals surface area contributed by atoms with Gasteiger partial charge in [0.1, 0.15) is 5.75 Å². The number of hydrogen-bond donors (Lipinski definition) is 1. The topological polar surface area (TPSA) is 46.5 Å². The van der Waals surface area contributed by atoms with Gasteiger partial charge in [-0.05, 0) is 50.0 Å². The van der Waals surface area contributed by atoms with Crippen molar-refractivity contribution in [2.24, 2.45) is 0 Å². The number of aliphatic carboxylic acids is 1. The van der Waals surface area contributed by atoms with E-state index >= 15 is 0 Å². The molecular formula is C14H15BrO3. The molecule has 3 nitrogen and oxygen atoms in total. The molecule has 96 valence electrons. The van der Waals surface area contributed by atoms with Crippen LogP contribution in [0, 0.1) is 0 Å². The van der Waals surface area contributed by atoms with Crippen LogP contribution < -0.4 is 4.74 Å². The first kappa shape index (κ1) is 13.1. The molecule has 0 bridgehead atoms. The molecule has 1 aromatic rings. The van der Waals surface area contributed by atoms with Gasteiger partial charge in [0.25, 0.3) is 0 Å². The van der Waals surface area contributed by atoms with Gasteiger partial charge in [-0.25, -0.2) is 4.79 Å². The zero-order valence-electron chi connectivity index (χ0n) is 9.93. The predicted molar refractivity (Wildman–Crippen MR) is 73.7 cm³/mol. The second kappa shape index (κ2) is 6.05. The van der Waals surface area contributed by atoms with E-state index in [1.807, 2.05) is 18.2 Å². The Labute approximate surface area is 115 Å². The Kier molecular flexibility index (Phi) is 4.42. The molecule has 2 rings (SSSR count). The number of benzene rings is 1. The molecule has 18 heavy (non-hydrogen) atoms. The van der Waals surface area contributed by atoms with Crippen molar-refractivity contribution < 1.29 is 14.6 Å². The second-order valence-electron chi connectivity index (χ2n) is 4.38. The normalized spacial score (nSPS) is 16.3. The molecule has 0 radical (unpaired) electrons. The number of hydrogen-bond acceptors (Lipinski definition) is 2. The highest BCUT2D eigenvalue weighted by atomic mass is 79.9. The van der Waals surface area contributed by atoms with Crippen LogP contribution in [0.4, 0.5) is 0 Å². The lowest BCUT2D eigenvalue weighted by molar-refractivity contribution is -0.131. The first-order valence-electron chi connectivity index (χ1n) is 6.02. The van der Waals surface area contributed by atoms with Gasteiger partial charge in [-0.2, -0.15) is 0 Å². The first-order chi connectivity index (χ1) is 8.65. The van der Waals surface area contributed by atoms with E-state index < -0.39 is 5.97 Å². The monoisotopic (exact) mass is 310 g/mol. The van der Waals surface area contributed by atoms with E-state index in [-0.39, 0.29) is 6.10 Å². The molecule has 1 fully saturated rings. The highest BCUT2D eigenvalue weighted by molar-refractivity contribution is 9.10. The van der Waals surface area contributed by atoms with Crippen LogP contribution in [0.15, 0.2) is 28.7 Å². The van der Waals surface area contributed by atoms with Crippen LogP contribution in [0.25, 0.3) is 6.08 Å². The van der Waals surface area contributed by atoms with Gasteiger partial charge in [-0.1, -0.05) is 15.9 Å². The van der Waals surface area contributed by atoms with Gasteiger partial charge >= 0.3 is 5.97 Å². The summed E-state index contributed by atoms with van der Waals surface area (Å²) < 4.78 is 6.84. The van der Waals surface area contributed by atoms with Gasteiger partial charge in [0.05, 0.1) is 6.10 Å². The van der Waals surface area contributed by atoms with Crippen LogP contribution in [0.2, 0.25) is 0 Å². The Morgan fingerprint density at radius 3 is 2.78 bits per heavy atom. The maximum absolute atomic E-state index is 10.6. The van der Waals surface area contributed by atoms with Crippen molar-refractivity contribution in [3.05, 3.63) is 34.3 Å². The van der Waals surface area contributed by atoms with Crippen LogP contribution >= 0.6 is 15.9 Å². The Balaban J connectivity index is 2.19. The fourth-order valence-electron chi connectivity index (χ4n) is 2.10. The minimum atomic E-state index is -0.957. The van der Waals surface area contributed by atoms with E-state index in [2.05, 4.69) is 15.9 Å². The number of rotatable bonds is 4. The van der Waals surface area contributed by atoms with Gasteiger partial charge in [0, 0.05) is 16.1 Å². The van der Waals surface area contributed by atoms with Gasteiger partial charge in [0.15, 0.2) is 0 Å². The van der Waals surface area contributed by atoms with Crippen molar-refractivity contribution in [2.45, 2.75) is 31.8 Å². The molecule has 0 spiro atoms.